The molecule has 0 aromatic heterocycles. The second-order valence-electron chi connectivity index (χ2n) is 6.33. The van der Waals surface area contributed by atoms with E-state index in [9.17, 15) is 0 Å². The van der Waals surface area contributed by atoms with E-state index in [0.29, 0.717) is 6.10 Å². The Kier molecular flexibility index (Phi) is 9.26. The molecule has 1 aliphatic carbocycles. The number of hydrogen-bond donors (Lipinski definition) is 0. The van der Waals surface area contributed by atoms with E-state index in [2.05, 4.69) is 15.9 Å². The largest absolute Gasteiger partial charge is 0.378 e. The molecule has 21 heavy (non-hydrogen) atoms. The lowest BCUT2D eigenvalue weighted by atomic mass is 9.97. The van der Waals surface area contributed by atoms with Crippen LogP contribution in [-0.4, -0.2) is 37.0 Å². The number of unbranched alkanes of at least 4 members (excludes halogenated alkanes) is 3. The van der Waals surface area contributed by atoms with Crippen LogP contribution >= 0.6 is 15.9 Å². The van der Waals surface area contributed by atoms with Crippen LogP contribution in [-0.2, 0) is 14.2 Å². The van der Waals surface area contributed by atoms with Crippen LogP contribution in [0.15, 0.2) is 0 Å². The summed E-state index contributed by atoms with van der Waals surface area (Å²) < 4.78 is 17.2. The van der Waals surface area contributed by atoms with E-state index in [4.69, 9.17) is 14.2 Å². The standard InChI is InChI=1S/C17H31BrO3/c18-15-8-10-16(11-9-15)19-12-4-1-2-5-13-20-17-7-3-6-14-21-17/h15-17H,1-14H2. The topological polar surface area (TPSA) is 27.7 Å². The van der Waals surface area contributed by atoms with Crippen molar-refractivity contribution in [2.45, 2.75) is 87.9 Å². The van der Waals surface area contributed by atoms with E-state index in [1.165, 1.54) is 57.8 Å². The van der Waals surface area contributed by atoms with Gasteiger partial charge in [-0.15, -0.1) is 0 Å². The Balaban J connectivity index is 1.33. The minimum absolute atomic E-state index is 0.0756. The first-order valence-electron chi connectivity index (χ1n) is 8.83. The zero-order valence-electron chi connectivity index (χ0n) is 13.2. The number of ether oxygens (including phenoxy) is 3. The Bertz CT molecular complexity index is 248. The van der Waals surface area contributed by atoms with Gasteiger partial charge in [-0.1, -0.05) is 28.8 Å². The Morgan fingerprint density at radius 2 is 1.52 bits per heavy atom. The van der Waals surface area contributed by atoms with Crippen molar-refractivity contribution in [2.75, 3.05) is 19.8 Å². The molecule has 1 saturated carbocycles. The fourth-order valence-electron chi connectivity index (χ4n) is 3.05. The van der Waals surface area contributed by atoms with Crippen molar-refractivity contribution >= 4 is 15.9 Å². The van der Waals surface area contributed by atoms with Crippen LogP contribution < -0.4 is 0 Å². The van der Waals surface area contributed by atoms with E-state index in [1.54, 1.807) is 0 Å². The lowest BCUT2D eigenvalue weighted by Crippen LogP contribution is -2.22. The molecule has 3 nitrogen and oxygen atoms in total. The van der Waals surface area contributed by atoms with Gasteiger partial charge < -0.3 is 14.2 Å². The molecule has 1 heterocycles. The Morgan fingerprint density at radius 3 is 2.19 bits per heavy atom. The molecule has 2 rings (SSSR count). The summed E-state index contributed by atoms with van der Waals surface area (Å²) in [6.07, 6.45) is 13.9. The van der Waals surface area contributed by atoms with Gasteiger partial charge in [-0.25, -0.2) is 0 Å². The lowest BCUT2D eigenvalue weighted by molar-refractivity contribution is -0.162. The van der Waals surface area contributed by atoms with Gasteiger partial charge in [-0.3, -0.25) is 0 Å². The van der Waals surface area contributed by atoms with Gasteiger partial charge >= 0.3 is 0 Å². The SMILES string of the molecule is BrC1CCC(OCCCCCCOC2CCCCO2)CC1. The maximum absolute atomic E-state index is 5.96. The summed E-state index contributed by atoms with van der Waals surface area (Å²) in [7, 11) is 0. The van der Waals surface area contributed by atoms with Crippen molar-refractivity contribution in [2.24, 2.45) is 0 Å². The van der Waals surface area contributed by atoms with Gasteiger partial charge in [0, 0.05) is 24.6 Å². The quantitative estimate of drug-likeness (QED) is 0.435. The van der Waals surface area contributed by atoms with Gasteiger partial charge in [0.25, 0.3) is 0 Å². The molecule has 0 spiro atoms. The molecule has 0 N–H and O–H groups in total. The summed E-state index contributed by atoms with van der Waals surface area (Å²) in [5.74, 6) is 0. The third kappa shape index (κ3) is 7.96. The molecule has 2 fully saturated rings. The third-order valence-electron chi connectivity index (χ3n) is 4.44. The summed E-state index contributed by atoms with van der Waals surface area (Å²) >= 11 is 3.69. The highest BCUT2D eigenvalue weighted by Gasteiger charge is 2.19. The average molecular weight is 363 g/mol. The molecular formula is C17H31BrO3. The summed E-state index contributed by atoms with van der Waals surface area (Å²) in [4.78, 5) is 0.727. The minimum Gasteiger partial charge on any atom is -0.378 e. The lowest BCUT2D eigenvalue weighted by Gasteiger charge is -2.25. The second kappa shape index (κ2) is 11.0. The fraction of sp³-hybridized carbons (Fsp3) is 1.00. The molecule has 2 aliphatic rings. The smallest absolute Gasteiger partial charge is 0.157 e. The maximum Gasteiger partial charge on any atom is 0.157 e. The average Bonchev–Trinajstić information content (AvgIpc) is 2.53. The monoisotopic (exact) mass is 362 g/mol. The van der Waals surface area contributed by atoms with Crippen molar-refractivity contribution < 1.29 is 14.2 Å². The Labute approximate surface area is 138 Å². The molecule has 1 saturated heterocycles. The normalized spacial score (nSPS) is 30.4. The summed E-state index contributed by atoms with van der Waals surface area (Å²) in [5, 5.41) is 0. The third-order valence-corrected chi connectivity index (χ3v) is 5.35. The molecule has 0 amide bonds. The van der Waals surface area contributed by atoms with Gasteiger partial charge in [-0.05, 0) is 57.8 Å². The molecule has 0 bridgehead atoms. The van der Waals surface area contributed by atoms with E-state index < -0.39 is 0 Å². The Hall–Kier alpha value is 0.360. The summed E-state index contributed by atoms with van der Waals surface area (Å²) in [6, 6.07) is 0. The van der Waals surface area contributed by atoms with Crippen molar-refractivity contribution in [1.82, 2.24) is 0 Å². The second-order valence-corrected chi connectivity index (χ2v) is 7.62. The molecule has 4 heteroatoms. The zero-order valence-corrected chi connectivity index (χ0v) is 14.8. The molecule has 0 aromatic rings. The van der Waals surface area contributed by atoms with Crippen LogP contribution in [0.5, 0.6) is 0 Å². The molecule has 0 aromatic carbocycles. The highest BCUT2D eigenvalue weighted by molar-refractivity contribution is 9.09. The van der Waals surface area contributed by atoms with Gasteiger partial charge in [0.2, 0.25) is 0 Å². The van der Waals surface area contributed by atoms with Crippen molar-refractivity contribution in [3.05, 3.63) is 0 Å². The van der Waals surface area contributed by atoms with Gasteiger partial charge in [0.1, 0.15) is 0 Å². The van der Waals surface area contributed by atoms with Gasteiger partial charge in [0.05, 0.1) is 6.10 Å². The van der Waals surface area contributed by atoms with Crippen LogP contribution in [0.25, 0.3) is 0 Å². The molecule has 1 atom stereocenters. The molecular weight excluding hydrogens is 332 g/mol. The summed E-state index contributed by atoms with van der Waals surface area (Å²) in [6.45, 7) is 2.66. The molecule has 124 valence electrons. The number of hydrogen-bond acceptors (Lipinski definition) is 3. The van der Waals surface area contributed by atoms with Crippen LogP contribution in [0.4, 0.5) is 0 Å². The van der Waals surface area contributed by atoms with E-state index in [0.717, 1.165) is 37.5 Å². The van der Waals surface area contributed by atoms with Crippen molar-refractivity contribution in [3.8, 4) is 0 Å². The first kappa shape index (κ1) is 17.7. The molecule has 0 radical (unpaired) electrons. The minimum atomic E-state index is 0.0756. The van der Waals surface area contributed by atoms with Gasteiger partial charge in [0.15, 0.2) is 6.29 Å². The number of halogens is 1. The zero-order chi connectivity index (χ0) is 14.8. The highest BCUT2D eigenvalue weighted by atomic mass is 79.9. The van der Waals surface area contributed by atoms with Crippen molar-refractivity contribution in [3.63, 3.8) is 0 Å². The van der Waals surface area contributed by atoms with Crippen LogP contribution in [0.1, 0.15) is 70.6 Å². The van der Waals surface area contributed by atoms with Crippen LogP contribution in [0, 0.1) is 0 Å². The van der Waals surface area contributed by atoms with E-state index in [-0.39, 0.29) is 6.29 Å². The predicted octanol–water partition coefficient (Wildman–Crippen LogP) is 4.81. The first-order chi connectivity index (χ1) is 10.3. The van der Waals surface area contributed by atoms with Crippen molar-refractivity contribution in [1.29, 1.82) is 0 Å². The molecule has 1 unspecified atom stereocenters. The van der Waals surface area contributed by atoms with Crippen LogP contribution in [0.3, 0.4) is 0 Å². The Morgan fingerprint density at radius 1 is 0.810 bits per heavy atom. The van der Waals surface area contributed by atoms with Crippen LogP contribution in [0.2, 0.25) is 0 Å². The number of rotatable bonds is 9. The summed E-state index contributed by atoms with van der Waals surface area (Å²) in [5.41, 5.74) is 0. The fourth-order valence-corrected chi connectivity index (χ4v) is 3.58. The van der Waals surface area contributed by atoms with Gasteiger partial charge in [-0.2, -0.15) is 0 Å². The molecule has 1 aliphatic heterocycles. The maximum atomic E-state index is 5.96. The highest BCUT2D eigenvalue weighted by Crippen LogP contribution is 2.26. The number of alkyl halides is 1. The predicted molar refractivity (Wildman–Crippen MR) is 88.9 cm³/mol. The van der Waals surface area contributed by atoms with E-state index in [1.807, 2.05) is 0 Å². The van der Waals surface area contributed by atoms with E-state index >= 15 is 0 Å². The first-order valence-corrected chi connectivity index (χ1v) is 9.75.